The highest BCUT2D eigenvalue weighted by Gasteiger charge is 2.23. The van der Waals surface area contributed by atoms with Crippen LogP contribution in [-0.4, -0.2) is 34.6 Å². The normalized spacial score (nSPS) is 14.4. The van der Waals surface area contributed by atoms with E-state index in [9.17, 15) is 8.42 Å². The molecule has 160 valence electrons. The van der Waals surface area contributed by atoms with Crippen molar-refractivity contribution in [3.05, 3.63) is 64.1 Å². The largest absolute Gasteiger partial charge is 0.368 e. The fourth-order valence-corrected chi connectivity index (χ4v) is 6.05. The number of hydrogen-bond donors (Lipinski definition) is 2. The lowest BCUT2D eigenvalue weighted by atomic mass is 10.1. The maximum Gasteiger partial charge on any atom is 0.263 e. The molecule has 1 heterocycles. The van der Waals surface area contributed by atoms with Crippen LogP contribution < -0.4 is 14.9 Å². The van der Waals surface area contributed by atoms with Crippen molar-refractivity contribution in [2.45, 2.75) is 11.8 Å². The molecule has 0 saturated carbocycles. The molecule has 0 spiro atoms. The van der Waals surface area contributed by atoms with E-state index in [1.54, 1.807) is 13.0 Å². The predicted octanol–water partition coefficient (Wildman–Crippen LogP) is 5.09. The van der Waals surface area contributed by atoms with Crippen LogP contribution in [0.1, 0.15) is 5.56 Å². The molecular weight excluding hydrogens is 465 g/mol. The first kappa shape index (κ1) is 23.0. The summed E-state index contributed by atoms with van der Waals surface area (Å²) in [6, 6.07) is 14.6. The van der Waals surface area contributed by atoms with Gasteiger partial charge in [0.2, 0.25) is 0 Å². The number of fused-ring (bicyclic) bond motifs is 1. The highest BCUT2D eigenvalue weighted by atomic mass is 35.5. The van der Waals surface area contributed by atoms with E-state index in [1.165, 1.54) is 6.07 Å². The van der Waals surface area contributed by atoms with Gasteiger partial charge in [-0.1, -0.05) is 47.5 Å². The van der Waals surface area contributed by atoms with Crippen molar-refractivity contribution < 1.29 is 8.42 Å². The van der Waals surface area contributed by atoms with E-state index in [0.29, 0.717) is 16.3 Å². The molecule has 0 aliphatic carbocycles. The molecule has 0 radical (unpaired) electrons. The third-order valence-electron chi connectivity index (χ3n) is 5.07. The van der Waals surface area contributed by atoms with Crippen molar-refractivity contribution in [2.24, 2.45) is 0 Å². The summed E-state index contributed by atoms with van der Waals surface area (Å²) in [6.07, 6.45) is 0. The summed E-state index contributed by atoms with van der Waals surface area (Å²) in [7, 11) is -3.88. The maximum atomic E-state index is 13.1. The Bertz CT molecular complexity index is 1160. The van der Waals surface area contributed by atoms with Crippen LogP contribution in [0.2, 0.25) is 10.0 Å². The van der Waals surface area contributed by atoms with Crippen LogP contribution in [0.5, 0.6) is 0 Å². The van der Waals surface area contributed by atoms with Gasteiger partial charge in [-0.2, -0.15) is 0 Å². The smallest absolute Gasteiger partial charge is 0.263 e. The minimum absolute atomic E-state index is 0. The Kier molecular flexibility index (Phi) is 7.05. The van der Waals surface area contributed by atoms with Gasteiger partial charge in [0.15, 0.2) is 0 Å². The minimum Gasteiger partial charge on any atom is -0.368 e. The van der Waals surface area contributed by atoms with Crippen molar-refractivity contribution in [2.75, 3.05) is 35.8 Å². The monoisotopic (exact) mass is 485 g/mol. The lowest BCUT2D eigenvalue weighted by molar-refractivity contribution is 0.590. The summed E-state index contributed by atoms with van der Waals surface area (Å²) in [6.45, 7) is 5.36. The molecule has 0 bridgehead atoms. The Morgan fingerprint density at radius 3 is 2.33 bits per heavy atom. The number of piperazine rings is 1. The summed E-state index contributed by atoms with van der Waals surface area (Å²) < 4.78 is 29.0. The zero-order chi connectivity index (χ0) is 20.6. The highest BCUT2D eigenvalue weighted by Crippen LogP contribution is 2.35. The van der Waals surface area contributed by atoms with Crippen LogP contribution >= 0.6 is 35.6 Å². The first-order valence-electron chi connectivity index (χ1n) is 9.33. The van der Waals surface area contributed by atoms with Crippen LogP contribution in [-0.2, 0) is 10.0 Å². The summed E-state index contributed by atoms with van der Waals surface area (Å²) in [5.41, 5.74) is 2.12. The molecule has 3 aromatic carbocycles. The van der Waals surface area contributed by atoms with Crippen molar-refractivity contribution >= 4 is 67.8 Å². The quantitative estimate of drug-likeness (QED) is 0.539. The van der Waals surface area contributed by atoms with E-state index in [4.69, 9.17) is 23.2 Å². The van der Waals surface area contributed by atoms with Crippen LogP contribution in [0.25, 0.3) is 10.8 Å². The second-order valence-electron chi connectivity index (χ2n) is 7.05. The van der Waals surface area contributed by atoms with Gasteiger partial charge in [0.05, 0.1) is 10.7 Å². The molecule has 3 aromatic rings. The van der Waals surface area contributed by atoms with Gasteiger partial charge >= 0.3 is 0 Å². The lowest BCUT2D eigenvalue weighted by Gasteiger charge is -2.31. The van der Waals surface area contributed by atoms with Gasteiger partial charge in [-0.3, -0.25) is 4.72 Å². The van der Waals surface area contributed by atoms with E-state index in [-0.39, 0.29) is 22.3 Å². The predicted molar refractivity (Wildman–Crippen MR) is 128 cm³/mol. The Morgan fingerprint density at radius 1 is 1.00 bits per heavy atom. The average Bonchev–Trinajstić information content (AvgIpc) is 2.67. The Hall–Kier alpha value is -1.70. The number of anilines is 2. The fraction of sp³-hybridized carbons (Fsp3) is 0.238. The zero-order valence-electron chi connectivity index (χ0n) is 16.3. The first-order chi connectivity index (χ1) is 13.9. The summed E-state index contributed by atoms with van der Waals surface area (Å²) in [5.74, 6) is 0. The number of benzene rings is 3. The summed E-state index contributed by atoms with van der Waals surface area (Å²) in [4.78, 5) is 2.36. The van der Waals surface area contributed by atoms with E-state index in [0.717, 1.165) is 42.6 Å². The number of rotatable bonds is 4. The number of hydrogen-bond acceptors (Lipinski definition) is 4. The molecule has 4 rings (SSSR count). The Balaban J connectivity index is 0.00000256. The third-order valence-corrected chi connectivity index (χ3v) is 7.26. The number of halogens is 3. The van der Waals surface area contributed by atoms with Crippen molar-refractivity contribution in [1.29, 1.82) is 0 Å². The van der Waals surface area contributed by atoms with Crippen molar-refractivity contribution in [1.82, 2.24) is 5.32 Å². The minimum atomic E-state index is -3.88. The van der Waals surface area contributed by atoms with E-state index in [1.807, 2.05) is 36.4 Å². The SMILES string of the molecule is Cc1cc(Cl)cc(Cl)c1S(=O)(=O)Nc1ccc(N2CCNCC2)c2ccccc12.Cl. The standard InChI is InChI=1S/C21H21Cl2N3O2S.ClH/c1-14-12-15(22)13-18(23)21(14)29(27,28)25-19-6-7-20(26-10-8-24-9-11-26)17-5-3-2-4-16(17)19;/h2-7,12-13,24-25H,8-11H2,1H3;1H. The van der Waals surface area contributed by atoms with Crippen molar-refractivity contribution in [3.8, 4) is 0 Å². The van der Waals surface area contributed by atoms with Gasteiger partial charge in [0.25, 0.3) is 10.0 Å². The topological polar surface area (TPSA) is 61.4 Å². The molecule has 30 heavy (non-hydrogen) atoms. The molecule has 0 atom stereocenters. The van der Waals surface area contributed by atoms with Crippen LogP contribution in [0.15, 0.2) is 53.4 Å². The fourth-order valence-electron chi connectivity index (χ4n) is 3.78. The molecule has 0 aromatic heterocycles. The number of nitrogens with one attached hydrogen (secondary N) is 2. The van der Waals surface area contributed by atoms with E-state index < -0.39 is 10.0 Å². The second-order valence-corrected chi connectivity index (χ2v) is 9.52. The van der Waals surface area contributed by atoms with Crippen LogP contribution in [0.3, 0.4) is 0 Å². The molecule has 1 saturated heterocycles. The molecule has 0 unspecified atom stereocenters. The zero-order valence-corrected chi connectivity index (χ0v) is 19.4. The molecule has 9 heteroatoms. The molecule has 5 nitrogen and oxygen atoms in total. The molecule has 2 N–H and O–H groups in total. The van der Waals surface area contributed by atoms with Gasteiger partial charge in [-0.15, -0.1) is 12.4 Å². The van der Waals surface area contributed by atoms with Gasteiger partial charge in [0.1, 0.15) is 4.90 Å². The third kappa shape index (κ3) is 4.48. The molecular formula is C21H22Cl3N3O2S. The number of sulfonamides is 1. The van der Waals surface area contributed by atoms with Crippen LogP contribution in [0, 0.1) is 6.92 Å². The first-order valence-corrected chi connectivity index (χ1v) is 11.6. The molecule has 0 amide bonds. The van der Waals surface area contributed by atoms with Gasteiger partial charge in [-0.25, -0.2) is 8.42 Å². The maximum absolute atomic E-state index is 13.1. The summed E-state index contributed by atoms with van der Waals surface area (Å²) >= 11 is 12.2. The van der Waals surface area contributed by atoms with Crippen LogP contribution in [0.4, 0.5) is 11.4 Å². The highest BCUT2D eigenvalue weighted by molar-refractivity contribution is 7.93. The van der Waals surface area contributed by atoms with Gasteiger partial charge in [0, 0.05) is 47.7 Å². The molecule has 1 aliphatic heterocycles. The van der Waals surface area contributed by atoms with E-state index >= 15 is 0 Å². The molecule has 1 fully saturated rings. The Morgan fingerprint density at radius 2 is 1.67 bits per heavy atom. The van der Waals surface area contributed by atoms with Crippen molar-refractivity contribution in [3.63, 3.8) is 0 Å². The number of nitrogens with zero attached hydrogens (tertiary/aromatic N) is 1. The Labute approximate surface area is 192 Å². The molecule has 1 aliphatic rings. The number of aryl methyl sites for hydroxylation is 1. The van der Waals surface area contributed by atoms with E-state index in [2.05, 4.69) is 14.9 Å². The van der Waals surface area contributed by atoms with Gasteiger partial charge in [-0.05, 0) is 36.8 Å². The lowest BCUT2D eigenvalue weighted by Crippen LogP contribution is -2.43. The second kappa shape index (κ2) is 9.20. The average molecular weight is 487 g/mol. The van der Waals surface area contributed by atoms with Gasteiger partial charge < -0.3 is 10.2 Å². The summed E-state index contributed by atoms with van der Waals surface area (Å²) in [5, 5.41) is 5.70.